The number of pyridine rings is 1. The second kappa shape index (κ2) is 6.34. The van der Waals surface area contributed by atoms with Gasteiger partial charge in [-0.2, -0.15) is 5.26 Å². The molecule has 2 heterocycles. The molecule has 5 heteroatoms. The molecular formula is C19H20N4O. The van der Waals surface area contributed by atoms with Crippen LogP contribution in [0.15, 0.2) is 30.7 Å². The number of fused-ring (bicyclic) bond motifs is 1. The maximum absolute atomic E-state index is 9.36. The van der Waals surface area contributed by atoms with Crippen molar-refractivity contribution in [2.24, 2.45) is 0 Å². The van der Waals surface area contributed by atoms with E-state index in [1.807, 2.05) is 32.2 Å². The van der Waals surface area contributed by atoms with Crippen LogP contribution in [-0.4, -0.2) is 21.3 Å². The predicted octanol–water partition coefficient (Wildman–Crippen LogP) is 3.16. The van der Waals surface area contributed by atoms with Crippen LogP contribution in [-0.2, 0) is 6.54 Å². The number of aromatic nitrogens is 2. The number of benzene rings is 1. The molecule has 2 aromatic heterocycles. The van der Waals surface area contributed by atoms with E-state index >= 15 is 0 Å². The van der Waals surface area contributed by atoms with Crippen molar-refractivity contribution >= 4 is 16.6 Å². The third kappa shape index (κ3) is 2.61. The van der Waals surface area contributed by atoms with Gasteiger partial charge in [-0.3, -0.25) is 4.98 Å². The number of nitriles is 1. The second-order valence-corrected chi connectivity index (χ2v) is 6.01. The number of anilines is 1. The third-order valence-corrected chi connectivity index (χ3v) is 4.45. The molecule has 0 spiro atoms. The lowest BCUT2D eigenvalue weighted by atomic mass is 9.99. The normalized spacial score (nSPS) is 10.9. The van der Waals surface area contributed by atoms with Gasteiger partial charge in [-0.15, -0.1) is 0 Å². The summed E-state index contributed by atoms with van der Waals surface area (Å²) in [4.78, 5) is 4.22. The molecule has 0 saturated heterocycles. The van der Waals surface area contributed by atoms with Crippen LogP contribution in [0.5, 0.6) is 0 Å². The van der Waals surface area contributed by atoms with Gasteiger partial charge in [0.15, 0.2) is 0 Å². The first-order chi connectivity index (χ1) is 11.6. The molecule has 1 aromatic carbocycles. The molecule has 0 aliphatic rings. The van der Waals surface area contributed by atoms with Crippen molar-refractivity contribution in [1.29, 1.82) is 5.26 Å². The number of nitrogens with zero attached hydrogens (tertiary/aromatic N) is 3. The highest BCUT2D eigenvalue weighted by Gasteiger charge is 2.15. The molecule has 122 valence electrons. The first-order valence-corrected chi connectivity index (χ1v) is 7.91. The van der Waals surface area contributed by atoms with E-state index in [2.05, 4.69) is 21.8 Å². The van der Waals surface area contributed by atoms with Crippen LogP contribution in [0, 0.1) is 25.2 Å². The van der Waals surface area contributed by atoms with Crippen LogP contribution >= 0.6 is 0 Å². The topological polar surface area (TPSA) is 87.9 Å². The average Bonchev–Trinajstić information content (AvgIpc) is 2.92. The van der Waals surface area contributed by atoms with Gasteiger partial charge < -0.3 is 15.4 Å². The van der Waals surface area contributed by atoms with E-state index in [9.17, 15) is 5.26 Å². The summed E-state index contributed by atoms with van der Waals surface area (Å²) in [5, 5.41) is 19.5. The van der Waals surface area contributed by atoms with Gasteiger partial charge in [0.25, 0.3) is 0 Å². The number of aliphatic hydroxyl groups excluding tert-OH is 1. The third-order valence-electron chi connectivity index (χ3n) is 4.45. The van der Waals surface area contributed by atoms with Crippen LogP contribution < -0.4 is 5.73 Å². The Balaban J connectivity index is 2.31. The number of nitrogen functional groups attached to an aromatic ring is 1. The van der Waals surface area contributed by atoms with Crippen molar-refractivity contribution in [3.05, 3.63) is 47.4 Å². The Hall–Kier alpha value is -2.84. The Labute approximate surface area is 141 Å². The minimum absolute atomic E-state index is 0.142. The van der Waals surface area contributed by atoms with Crippen molar-refractivity contribution in [1.82, 2.24) is 9.55 Å². The van der Waals surface area contributed by atoms with Crippen molar-refractivity contribution in [3.8, 4) is 17.2 Å². The highest BCUT2D eigenvalue weighted by molar-refractivity contribution is 5.98. The zero-order valence-electron chi connectivity index (χ0n) is 13.9. The Morgan fingerprint density at radius 1 is 1.25 bits per heavy atom. The highest BCUT2D eigenvalue weighted by atomic mass is 16.3. The van der Waals surface area contributed by atoms with Crippen LogP contribution in [0.25, 0.3) is 22.0 Å². The Bertz CT molecular complexity index is 950. The second-order valence-electron chi connectivity index (χ2n) is 6.01. The molecule has 3 rings (SSSR count). The van der Waals surface area contributed by atoms with Crippen molar-refractivity contribution in [2.45, 2.75) is 26.8 Å². The summed E-state index contributed by atoms with van der Waals surface area (Å²) in [6.07, 6.45) is 6.19. The van der Waals surface area contributed by atoms with Crippen LogP contribution in [0.1, 0.15) is 23.1 Å². The quantitative estimate of drug-likeness (QED) is 0.773. The van der Waals surface area contributed by atoms with Gasteiger partial charge in [0, 0.05) is 47.6 Å². The standard InChI is InChI=1S/C19H20N4O/c1-12-6-19-15(7-14(12)8-20)17(11-23(19)4-3-5-24)16-9-22-10-18(21)13(16)2/h6-7,9-11,24H,3-5,21H2,1-2H3. The van der Waals surface area contributed by atoms with Gasteiger partial charge in [0.05, 0.1) is 23.5 Å². The molecule has 0 fully saturated rings. The average molecular weight is 320 g/mol. The van der Waals surface area contributed by atoms with Crippen molar-refractivity contribution < 1.29 is 5.11 Å². The minimum Gasteiger partial charge on any atom is -0.397 e. The van der Waals surface area contributed by atoms with Crippen LogP contribution in [0.4, 0.5) is 5.69 Å². The minimum atomic E-state index is 0.142. The Morgan fingerprint density at radius 2 is 2.04 bits per heavy atom. The van der Waals surface area contributed by atoms with Gasteiger partial charge in [0.2, 0.25) is 0 Å². The molecule has 0 amide bonds. The van der Waals surface area contributed by atoms with Crippen molar-refractivity contribution in [3.63, 3.8) is 0 Å². The predicted molar refractivity (Wildman–Crippen MR) is 95.5 cm³/mol. The number of aryl methyl sites for hydroxylation is 2. The summed E-state index contributed by atoms with van der Waals surface area (Å²) in [7, 11) is 0. The molecule has 0 aliphatic carbocycles. The van der Waals surface area contributed by atoms with Gasteiger partial charge in [-0.25, -0.2) is 0 Å². The van der Waals surface area contributed by atoms with E-state index in [4.69, 9.17) is 10.8 Å². The van der Waals surface area contributed by atoms with E-state index in [1.165, 1.54) is 0 Å². The summed E-state index contributed by atoms with van der Waals surface area (Å²) in [5.41, 5.74) is 12.3. The summed E-state index contributed by atoms with van der Waals surface area (Å²) in [6.45, 7) is 4.77. The van der Waals surface area contributed by atoms with Gasteiger partial charge >= 0.3 is 0 Å². The zero-order valence-corrected chi connectivity index (χ0v) is 13.9. The van der Waals surface area contributed by atoms with Crippen LogP contribution in [0.3, 0.4) is 0 Å². The first-order valence-electron chi connectivity index (χ1n) is 7.91. The van der Waals surface area contributed by atoms with Crippen LogP contribution in [0.2, 0.25) is 0 Å². The maximum Gasteiger partial charge on any atom is 0.0994 e. The fourth-order valence-electron chi connectivity index (χ4n) is 3.01. The summed E-state index contributed by atoms with van der Waals surface area (Å²) in [5.74, 6) is 0. The summed E-state index contributed by atoms with van der Waals surface area (Å²) in [6, 6.07) is 6.22. The molecule has 0 bridgehead atoms. The molecule has 0 radical (unpaired) electrons. The number of hydrogen-bond acceptors (Lipinski definition) is 4. The Kier molecular flexibility index (Phi) is 4.24. The van der Waals surface area contributed by atoms with Gasteiger partial charge in [0.1, 0.15) is 0 Å². The largest absolute Gasteiger partial charge is 0.397 e. The van der Waals surface area contributed by atoms with E-state index < -0.39 is 0 Å². The molecule has 0 saturated carbocycles. The smallest absolute Gasteiger partial charge is 0.0994 e. The fourth-order valence-corrected chi connectivity index (χ4v) is 3.01. The number of hydrogen-bond donors (Lipinski definition) is 2. The molecule has 0 aliphatic heterocycles. The zero-order chi connectivity index (χ0) is 17.3. The number of rotatable bonds is 4. The molecule has 0 unspecified atom stereocenters. The van der Waals surface area contributed by atoms with E-state index in [-0.39, 0.29) is 6.61 Å². The van der Waals surface area contributed by atoms with Gasteiger partial charge in [-0.1, -0.05) is 0 Å². The first kappa shape index (κ1) is 16.0. The summed E-state index contributed by atoms with van der Waals surface area (Å²) >= 11 is 0. The van der Waals surface area contributed by atoms with E-state index in [0.29, 0.717) is 24.2 Å². The lowest BCUT2D eigenvalue weighted by Gasteiger charge is -2.07. The highest BCUT2D eigenvalue weighted by Crippen LogP contribution is 2.35. The number of aliphatic hydroxyl groups is 1. The van der Waals surface area contributed by atoms with E-state index in [0.717, 1.165) is 33.2 Å². The SMILES string of the molecule is Cc1cc2c(cc1C#N)c(-c1cncc(N)c1C)cn2CCCO. The molecule has 3 N–H and O–H groups in total. The lowest BCUT2D eigenvalue weighted by molar-refractivity contribution is 0.280. The fraction of sp³-hybridized carbons (Fsp3) is 0.263. The van der Waals surface area contributed by atoms with Crippen molar-refractivity contribution in [2.75, 3.05) is 12.3 Å². The molecule has 5 nitrogen and oxygen atoms in total. The monoisotopic (exact) mass is 320 g/mol. The van der Waals surface area contributed by atoms with Gasteiger partial charge in [-0.05, 0) is 43.5 Å². The molecule has 3 aromatic rings. The molecule has 0 atom stereocenters. The van der Waals surface area contributed by atoms with E-state index in [1.54, 1.807) is 6.20 Å². The maximum atomic E-state index is 9.36. The lowest BCUT2D eigenvalue weighted by Crippen LogP contribution is -1.98. The summed E-state index contributed by atoms with van der Waals surface area (Å²) < 4.78 is 2.12. The molecular weight excluding hydrogens is 300 g/mol. The molecule has 24 heavy (non-hydrogen) atoms. The number of nitrogens with two attached hydrogens (primary N) is 1. The Morgan fingerprint density at radius 3 is 2.75 bits per heavy atom.